The summed E-state index contributed by atoms with van der Waals surface area (Å²) in [4.78, 5) is 0. The van der Waals surface area contributed by atoms with Crippen LogP contribution in [-0.2, 0) is 4.74 Å². The molecule has 1 saturated carbocycles. The summed E-state index contributed by atoms with van der Waals surface area (Å²) >= 11 is 0. The third kappa shape index (κ3) is 3.21. The highest BCUT2D eigenvalue weighted by Crippen LogP contribution is 2.29. The molecule has 2 fully saturated rings. The Labute approximate surface area is 100 Å². The zero-order chi connectivity index (χ0) is 11.6. The van der Waals surface area contributed by atoms with E-state index < -0.39 is 0 Å². The van der Waals surface area contributed by atoms with Crippen LogP contribution in [-0.4, -0.2) is 24.3 Å². The lowest BCUT2D eigenvalue weighted by Crippen LogP contribution is -2.41. The molecule has 1 aliphatic heterocycles. The van der Waals surface area contributed by atoms with Crippen molar-refractivity contribution in [3.05, 3.63) is 0 Å². The Hall–Kier alpha value is -0.0800. The first kappa shape index (κ1) is 12.4. The van der Waals surface area contributed by atoms with Crippen LogP contribution < -0.4 is 5.32 Å². The second kappa shape index (κ2) is 5.05. The predicted octanol–water partition coefficient (Wildman–Crippen LogP) is 3.11. The van der Waals surface area contributed by atoms with Crippen LogP contribution in [0.1, 0.15) is 59.3 Å². The Bertz CT molecular complexity index is 227. The zero-order valence-corrected chi connectivity index (χ0v) is 11.1. The summed E-state index contributed by atoms with van der Waals surface area (Å²) in [5, 5.41) is 3.73. The molecule has 2 rings (SSSR count). The second-order valence-corrected chi connectivity index (χ2v) is 6.31. The van der Waals surface area contributed by atoms with E-state index in [2.05, 4.69) is 26.1 Å². The molecule has 2 nitrogen and oxygen atoms in total. The largest absolute Gasteiger partial charge is 0.371 e. The van der Waals surface area contributed by atoms with Gasteiger partial charge in [-0.15, -0.1) is 0 Å². The lowest BCUT2D eigenvalue weighted by Gasteiger charge is -2.31. The van der Waals surface area contributed by atoms with Crippen LogP contribution in [0.2, 0.25) is 0 Å². The van der Waals surface area contributed by atoms with E-state index in [4.69, 9.17) is 4.74 Å². The van der Waals surface area contributed by atoms with Crippen molar-refractivity contribution in [3.8, 4) is 0 Å². The molecule has 0 bridgehead atoms. The highest BCUT2D eigenvalue weighted by atomic mass is 16.5. The van der Waals surface area contributed by atoms with Crippen molar-refractivity contribution in [1.29, 1.82) is 0 Å². The van der Waals surface area contributed by atoms with Crippen molar-refractivity contribution in [2.75, 3.05) is 6.54 Å². The number of rotatable bonds is 3. The summed E-state index contributed by atoms with van der Waals surface area (Å²) < 4.78 is 6.01. The van der Waals surface area contributed by atoms with Gasteiger partial charge in [-0.05, 0) is 45.4 Å². The molecule has 16 heavy (non-hydrogen) atoms. The van der Waals surface area contributed by atoms with Crippen LogP contribution in [0, 0.1) is 5.92 Å². The Morgan fingerprint density at radius 3 is 2.56 bits per heavy atom. The molecule has 2 aliphatic rings. The van der Waals surface area contributed by atoms with Crippen LogP contribution in [0.5, 0.6) is 0 Å². The maximum absolute atomic E-state index is 6.01. The molecular formula is C14H27NO. The Kier molecular flexibility index (Phi) is 3.91. The van der Waals surface area contributed by atoms with E-state index in [0.717, 1.165) is 18.5 Å². The monoisotopic (exact) mass is 225 g/mol. The quantitative estimate of drug-likeness (QED) is 0.797. The van der Waals surface area contributed by atoms with Gasteiger partial charge in [-0.25, -0.2) is 0 Å². The van der Waals surface area contributed by atoms with Gasteiger partial charge < -0.3 is 10.1 Å². The topological polar surface area (TPSA) is 21.3 Å². The minimum atomic E-state index is 0.116. The lowest BCUT2D eigenvalue weighted by molar-refractivity contribution is -0.0161. The summed E-state index contributed by atoms with van der Waals surface area (Å²) in [6.45, 7) is 7.85. The fraction of sp³-hybridized carbons (Fsp3) is 1.00. The summed E-state index contributed by atoms with van der Waals surface area (Å²) in [6, 6.07) is 0.737. The van der Waals surface area contributed by atoms with Crippen molar-refractivity contribution >= 4 is 0 Å². The van der Waals surface area contributed by atoms with Gasteiger partial charge in [-0.3, -0.25) is 0 Å². The standard InChI is InChI=1S/C14H27NO/c1-11-6-4-5-7-13(11)15-10-12-8-9-14(2,3)16-12/h11-13,15H,4-10H2,1-3H3. The maximum Gasteiger partial charge on any atom is 0.0707 e. The fourth-order valence-electron chi connectivity index (χ4n) is 3.12. The first-order valence-corrected chi connectivity index (χ1v) is 6.98. The molecule has 0 amide bonds. The molecule has 0 radical (unpaired) electrons. The third-order valence-electron chi connectivity index (χ3n) is 4.27. The molecule has 94 valence electrons. The third-order valence-corrected chi connectivity index (χ3v) is 4.27. The Balaban J connectivity index is 1.71. The van der Waals surface area contributed by atoms with E-state index in [1.54, 1.807) is 0 Å². The van der Waals surface area contributed by atoms with Crippen molar-refractivity contribution < 1.29 is 4.74 Å². The average molecular weight is 225 g/mol. The Morgan fingerprint density at radius 2 is 1.94 bits per heavy atom. The smallest absolute Gasteiger partial charge is 0.0707 e. The van der Waals surface area contributed by atoms with Crippen LogP contribution >= 0.6 is 0 Å². The highest BCUT2D eigenvalue weighted by molar-refractivity contribution is 4.84. The first-order chi connectivity index (χ1) is 7.57. The number of hydrogen-bond donors (Lipinski definition) is 1. The van der Waals surface area contributed by atoms with E-state index in [9.17, 15) is 0 Å². The summed E-state index contributed by atoms with van der Waals surface area (Å²) in [5.41, 5.74) is 0.116. The van der Waals surface area contributed by atoms with Gasteiger partial charge in [0.25, 0.3) is 0 Å². The van der Waals surface area contributed by atoms with Gasteiger partial charge in [0.2, 0.25) is 0 Å². The SMILES string of the molecule is CC1CCCCC1NCC1CCC(C)(C)O1. The molecule has 0 aromatic carbocycles. The van der Waals surface area contributed by atoms with E-state index >= 15 is 0 Å². The summed E-state index contributed by atoms with van der Waals surface area (Å²) in [6.07, 6.45) is 8.46. The maximum atomic E-state index is 6.01. The van der Waals surface area contributed by atoms with Crippen molar-refractivity contribution in [3.63, 3.8) is 0 Å². The minimum Gasteiger partial charge on any atom is -0.371 e. The normalized spacial score (nSPS) is 38.8. The number of ether oxygens (including phenoxy) is 1. The van der Waals surface area contributed by atoms with Crippen LogP contribution in [0.25, 0.3) is 0 Å². The molecule has 1 heterocycles. The van der Waals surface area contributed by atoms with Crippen LogP contribution in [0.15, 0.2) is 0 Å². The van der Waals surface area contributed by atoms with Gasteiger partial charge in [0.05, 0.1) is 11.7 Å². The van der Waals surface area contributed by atoms with Gasteiger partial charge in [0, 0.05) is 12.6 Å². The molecule has 0 aromatic rings. The minimum absolute atomic E-state index is 0.116. The van der Waals surface area contributed by atoms with Crippen molar-refractivity contribution in [2.45, 2.75) is 77.0 Å². The molecule has 1 N–H and O–H groups in total. The molecule has 2 heteroatoms. The van der Waals surface area contributed by atoms with E-state index in [0.29, 0.717) is 6.10 Å². The van der Waals surface area contributed by atoms with Crippen LogP contribution in [0.3, 0.4) is 0 Å². The lowest BCUT2D eigenvalue weighted by atomic mass is 9.86. The molecule has 3 atom stereocenters. The van der Waals surface area contributed by atoms with Gasteiger partial charge in [-0.2, -0.15) is 0 Å². The Morgan fingerprint density at radius 1 is 1.19 bits per heavy atom. The molecule has 3 unspecified atom stereocenters. The molecule has 0 spiro atoms. The predicted molar refractivity (Wildman–Crippen MR) is 67.6 cm³/mol. The molecule has 1 saturated heterocycles. The number of nitrogens with one attached hydrogen (secondary N) is 1. The van der Waals surface area contributed by atoms with Crippen LogP contribution in [0.4, 0.5) is 0 Å². The van der Waals surface area contributed by atoms with Gasteiger partial charge in [0.15, 0.2) is 0 Å². The molecule has 1 aliphatic carbocycles. The molecule has 0 aromatic heterocycles. The van der Waals surface area contributed by atoms with Gasteiger partial charge >= 0.3 is 0 Å². The van der Waals surface area contributed by atoms with Gasteiger partial charge in [-0.1, -0.05) is 19.8 Å². The zero-order valence-electron chi connectivity index (χ0n) is 11.1. The number of hydrogen-bond acceptors (Lipinski definition) is 2. The fourth-order valence-corrected chi connectivity index (χ4v) is 3.12. The highest BCUT2D eigenvalue weighted by Gasteiger charge is 2.32. The molecular weight excluding hydrogens is 198 g/mol. The van der Waals surface area contributed by atoms with E-state index in [1.165, 1.54) is 38.5 Å². The van der Waals surface area contributed by atoms with Crippen molar-refractivity contribution in [1.82, 2.24) is 5.32 Å². The van der Waals surface area contributed by atoms with E-state index in [1.807, 2.05) is 0 Å². The second-order valence-electron chi connectivity index (χ2n) is 6.31. The summed E-state index contributed by atoms with van der Waals surface area (Å²) in [5.74, 6) is 0.850. The first-order valence-electron chi connectivity index (χ1n) is 6.98. The summed E-state index contributed by atoms with van der Waals surface area (Å²) in [7, 11) is 0. The average Bonchev–Trinajstić information content (AvgIpc) is 2.57. The van der Waals surface area contributed by atoms with Crippen molar-refractivity contribution in [2.24, 2.45) is 5.92 Å². The van der Waals surface area contributed by atoms with E-state index in [-0.39, 0.29) is 5.60 Å². The van der Waals surface area contributed by atoms with Gasteiger partial charge in [0.1, 0.15) is 0 Å².